The van der Waals surface area contributed by atoms with Crippen molar-refractivity contribution >= 4 is 5.69 Å². The molecule has 2 rings (SSSR count). The molecular formula is C15H24N2. The van der Waals surface area contributed by atoms with Crippen molar-refractivity contribution in [2.75, 3.05) is 31.6 Å². The number of aryl methyl sites for hydroxylation is 1. The monoisotopic (exact) mass is 232 g/mol. The van der Waals surface area contributed by atoms with Crippen molar-refractivity contribution in [3.05, 3.63) is 29.8 Å². The maximum absolute atomic E-state index is 3.50. The van der Waals surface area contributed by atoms with Crippen molar-refractivity contribution in [3.63, 3.8) is 0 Å². The third kappa shape index (κ3) is 2.81. The molecule has 1 aliphatic heterocycles. The van der Waals surface area contributed by atoms with E-state index in [1.807, 2.05) is 0 Å². The summed E-state index contributed by atoms with van der Waals surface area (Å²) in [6.45, 7) is 7.95. The molecule has 1 atom stereocenters. The number of rotatable bonds is 4. The zero-order chi connectivity index (χ0) is 12.3. The lowest BCUT2D eigenvalue weighted by molar-refractivity contribution is 0.317. The van der Waals surface area contributed by atoms with Crippen molar-refractivity contribution in [2.45, 2.75) is 26.7 Å². The second-order valence-corrected chi connectivity index (χ2v) is 5.47. The minimum absolute atomic E-state index is 0.472. The molecule has 2 heteroatoms. The molecular weight excluding hydrogens is 208 g/mol. The van der Waals surface area contributed by atoms with E-state index in [-0.39, 0.29) is 0 Å². The van der Waals surface area contributed by atoms with Crippen molar-refractivity contribution < 1.29 is 0 Å². The summed E-state index contributed by atoms with van der Waals surface area (Å²) in [4.78, 5) is 2.40. The summed E-state index contributed by atoms with van der Waals surface area (Å²) in [6.07, 6.45) is 2.57. The Balaban J connectivity index is 2.05. The van der Waals surface area contributed by atoms with Gasteiger partial charge in [0.1, 0.15) is 0 Å². The molecule has 1 aromatic carbocycles. The van der Waals surface area contributed by atoms with Gasteiger partial charge in [0.15, 0.2) is 0 Å². The number of benzene rings is 1. The van der Waals surface area contributed by atoms with Gasteiger partial charge in [0.2, 0.25) is 0 Å². The zero-order valence-corrected chi connectivity index (χ0v) is 11.3. The molecule has 1 N–H and O–H groups in total. The fourth-order valence-corrected chi connectivity index (χ4v) is 2.74. The fourth-order valence-electron chi connectivity index (χ4n) is 2.74. The van der Waals surface area contributed by atoms with Crippen LogP contribution in [-0.4, -0.2) is 26.7 Å². The number of hydrogen-bond acceptors (Lipinski definition) is 2. The minimum Gasteiger partial charge on any atom is -0.374 e. The van der Waals surface area contributed by atoms with Crippen LogP contribution in [0.2, 0.25) is 0 Å². The van der Waals surface area contributed by atoms with Gasteiger partial charge in [0.25, 0.3) is 0 Å². The number of hydrogen-bond donors (Lipinski definition) is 1. The highest BCUT2D eigenvalue weighted by molar-refractivity contribution is 5.47. The summed E-state index contributed by atoms with van der Waals surface area (Å²) in [5.41, 5.74) is 3.13. The Morgan fingerprint density at radius 3 is 2.53 bits per heavy atom. The summed E-state index contributed by atoms with van der Waals surface area (Å²) in [5.74, 6) is 0. The SMILES string of the molecule is CCC1(CN(C)c2ccc(C)cc2)CCNC1. The van der Waals surface area contributed by atoms with Crippen molar-refractivity contribution in [1.29, 1.82) is 0 Å². The first-order valence-corrected chi connectivity index (χ1v) is 6.64. The standard InChI is InChI=1S/C15H24N2/c1-4-15(9-10-16-11-15)12-17(3)14-7-5-13(2)6-8-14/h5-8,16H,4,9-12H2,1-3H3. The van der Waals surface area contributed by atoms with Gasteiger partial charge in [-0.2, -0.15) is 0 Å². The summed E-state index contributed by atoms with van der Waals surface area (Å²) in [7, 11) is 2.21. The van der Waals surface area contributed by atoms with E-state index in [1.54, 1.807) is 0 Å². The summed E-state index contributed by atoms with van der Waals surface area (Å²) in [5, 5.41) is 3.50. The molecule has 1 fully saturated rings. The number of nitrogens with one attached hydrogen (secondary N) is 1. The van der Waals surface area contributed by atoms with E-state index in [1.165, 1.54) is 37.2 Å². The largest absolute Gasteiger partial charge is 0.374 e. The lowest BCUT2D eigenvalue weighted by Gasteiger charge is -2.33. The highest BCUT2D eigenvalue weighted by Crippen LogP contribution is 2.31. The quantitative estimate of drug-likeness (QED) is 0.858. The molecule has 1 aliphatic rings. The van der Waals surface area contributed by atoms with Gasteiger partial charge < -0.3 is 10.2 Å². The maximum Gasteiger partial charge on any atom is 0.0363 e. The van der Waals surface area contributed by atoms with E-state index in [0.29, 0.717) is 5.41 Å². The molecule has 17 heavy (non-hydrogen) atoms. The van der Waals surface area contributed by atoms with E-state index >= 15 is 0 Å². The van der Waals surface area contributed by atoms with E-state index in [0.717, 1.165) is 6.54 Å². The van der Waals surface area contributed by atoms with Crippen LogP contribution in [0.3, 0.4) is 0 Å². The van der Waals surface area contributed by atoms with E-state index in [9.17, 15) is 0 Å². The first-order chi connectivity index (χ1) is 8.15. The van der Waals surface area contributed by atoms with Gasteiger partial charge >= 0.3 is 0 Å². The number of nitrogens with zero attached hydrogens (tertiary/aromatic N) is 1. The van der Waals surface area contributed by atoms with Crippen LogP contribution in [0, 0.1) is 12.3 Å². The average Bonchev–Trinajstić information content (AvgIpc) is 2.79. The molecule has 0 spiro atoms. The molecule has 94 valence electrons. The van der Waals surface area contributed by atoms with Gasteiger partial charge in [0.05, 0.1) is 0 Å². The Labute approximate surface area is 105 Å². The van der Waals surface area contributed by atoms with Crippen molar-refractivity contribution in [2.24, 2.45) is 5.41 Å². The van der Waals surface area contributed by atoms with Crippen LogP contribution in [0.1, 0.15) is 25.3 Å². The third-order valence-corrected chi connectivity index (χ3v) is 4.13. The fraction of sp³-hybridized carbons (Fsp3) is 0.600. The zero-order valence-electron chi connectivity index (χ0n) is 11.3. The predicted octanol–water partition coefficient (Wildman–Crippen LogP) is 2.82. The minimum atomic E-state index is 0.472. The molecule has 1 aromatic rings. The first-order valence-electron chi connectivity index (χ1n) is 6.64. The van der Waals surface area contributed by atoms with Crippen molar-refractivity contribution in [3.8, 4) is 0 Å². The van der Waals surface area contributed by atoms with Gasteiger partial charge in [0, 0.05) is 31.2 Å². The summed E-state index contributed by atoms with van der Waals surface area (Å²) < 4.78 is 0. The molecule has 1 heterocycles. The van der Waals surface area contributed by atoms with Gasteiger partial charge in [-0.1, -0.05) is 24.6 Å². The highest BCUT2D eigenvalue weighted by atomic mass is 15.1. The van der Waals surface area contributed by atoms with Crippen LogP contribution in [-0.2, 0) is 0 Å². The lowest BCUT2D eigenvalue weighted by Crippen LogP contribution is -2.37. The summed E-state index contributed by atoms with van der Waals surface area (Å²) >= 11 is 0. The van der Waals surface area contributed by atoms with Crippen LogP contribution in [0.4, 0.5) is 5.69 Å². The lowest BCUT2D eigenvalue weighted by atomic mass is 9.83. The summed E-state index contributed by atoms with van der Waals surface area (Å²) in [6, 6.07) is 8.83. The maximum atomic E-state index is 3.50. The Hall–Kier alpha value is -1.02. The van der Waals surface area contributed by atoms with Gasteiger partial charge in [-0.15, -0.1) is 0 Å². The average molecular weight is 232 g/mol. The van der Waals surface area contributed by atoms with Crippen LogP contribution < -0.4 is 10.2 Å². The second kappa shape index (κ2) is 5.09. The smallest absolute Gasteiger partial charge is 0.0363 e. The molecule has 0 bridgehead atoms. The van der Waals surface area contributed by atoms with E-state index in [4.69, 9.17) is 0 Å². The molecule has 1 saturated heterocycles. The van der Waals surface area contributed by atoms with Gasteiger partial charge in [-0.25, -0.2) is 0 Å². The molecule has 0 saturated carbocycles. The van der Waals surface area contributed by atoms with Crippen LogP contribution in [0.25, 0.3) is 0 Å². The molecule has 1 unspecified atom stereocenters. The predicted molar refractivity (Wildman–Crippen MR) is 74.7 cm³/mol. The Morgan fingerprint density at radius 1 is 1.29 bits per heavy atom. The van der Waals surface area contributed by atoms with E-state index in [2.05, 4.69) is 55.4 Å². The number of anilines is 1. The van der Waals surface area contributed by atoms with Crippen LogP contribution >= 0.6 is 0 Å². The van der Waals surface area contributed by atoms with Crippen LogP contribution in [0.15, 0.2) is 24.3 Å². The Morgan fingerprint density at radius 2 is 2.00 bits per heavy atom. The van der Waals surface area contributed by atoms with Gasteiger partial charge in [-0.3, -0.25) is 0 Å². The Kier molecular flexibility index (Phi) is 3.72. The first kappa shape index (κ1) is 12.4. The topological polar surface area (TPSA) is 15.3 Å². The van der Waals surface area contributed by atoms with Crippen LogP contribution in [0.5, 0.6) is 0 Å². The molecule has 0 aromatic heterocycles. The third-order valence-electron chi connectivity index (χ3n) is 4.13. The van der Waals surface area contributed by atoms with E-state index < -0.39 is 0 Å². The normalized spacial score (nSPS) is 23.9. The molecule has 0 amide bonds. The highest BCUT2D eigenvalue weighted by Gasteiger charge is 2.33. The molecule has 0 radical (unpaired) electrons. The second-order valence-electron chi connectivity index (χ2n) is 5.47. The Bertz CT molecular complexity index is 350. The molecule has 0 aliphatic carbocycles. The van der Waals surface area contributed by atoms with Gasteiger partial charge in [-0.05, 0) is 38.4 Å². The van der Waals surface area contributed by atoms with Crippen molar-refractivity contribution in [1.82, 2.24) is 5.32 Å². The molecule has 2 nitrogen and oxygen atoms in total.